The Morgan fingerprint density at radius 1 is 1.00 bits per heavy atom. The maximum absolute atomic E-state index is 12.2. The van der Waals surface area contributed by atoms with E-state index in [1.165, 1.54) is 30.4 Å². The van der Waals surface area contributed by atoms with Gasteiger partial charge in [0.1, 0.15) is 0 Å². The number of nitrogens with one attached hydrogen (secondary N) is 1. The predicted octanol–water partition coefficient (Wildman–Crippen LogP) is 3.55. The molecule has 0 atom stereocenters. The van der Waals surface area contributed by atoms with Gasteiger partial charge in [-0.2, -0.15) is 0 Å². The molecule has 1 N–H and O–H groups in total. The molecule has 3 nitrogen and oxygen atoms in total. The molecule has 0 aromatic heterocycles. The van der Waals surface area contributed by atoms with E-state index in [4.69, 9.17) is 0 Å². The number of sulfonamides is 1. The summed E-state index contributed by atoms with van der Waals surface area (Å²) < 4.78 is 27.2. The van der Waals surface area contributed by atoms with Gasteiger partial charge in [0.15, 0.2) is 0 Å². The summed E-state index contributed by atoms with van der Waals surface area (Å²) in [6, 6.07) is 6.97. The number of rotatable bonds is 4. The summed E-state index contributed by atoms with van der Waals surface area (Å²) in [5.41, 5.74) is 3.68. The van der Waals surface area contributed by atoms with E-state index in [0.717, 1.165) is 18.4 Å². The van der Waals surface area contributed by atoms with Gasteiger partial charge in [-0.25, -0.2) is 13.1 Å². The Hall–Kier alpha value is -1.13. The van der Waals surface area contributed by atoms with Gasteiger partial charge in [0.25, 0.3) is 0 Å². The van der Waals surface area contributed by atoms with E-state index in [1.807, 2.05) is 19.1 Å². The molecule has 1 aliphatic rings. The second kappa shape index (κ2) is 6.55. The molecule has 0 spiro atoms. The highest BCUT2D eigenvalue weighted by molar-refractivity contribution is 7.89. The minimum absolute atomic E-state index is 0.343. The molecule has 0 heterocycles. The van der Waals surface area contributed by atoms with Crippen molar-refractivity contribution in [2.24, 2.45) is 0 Å². The van der Waals surface area contributed by atoms with Crippen LogP contribution in [0.5, 0.6) is 0 Å². The van der Waals surface area contributed by atoms with Crippen molar-refractivity contribution in [3.63, 3.8) is 0 Å². The van der Waals surface area contributed by atoms with Crippen LogP contribution in [0.15, 0.2) is 40.3 Å². The van der Waals surface area contributed by atoms with Gasteiger partial charge >= 0.3 is 0 Å². The maximum atomic E-state index is 12.2. The number of hydrogen-bond acceptors (Lipinski definition) is 2. The van der Waals surface area contributed by atoms with Crippen LogP contribution in [0.3, 0.4) is 0 Å². The van der Waals surface area contributed by atoms with Crippen molar-refractivity contribution in [2.45, 2.75) is 50.8 Å². The van der Waals surface area contributed by atoms with Crippen LogP contribution in [-0.2, 0) is 10.0 Å². The van der Waals surface area contributed by atoms with E-state index in [-0.39, 0.29) is 0 Å². The molecule has 0 fully saturated rings. The highest BCUT2D eigenvalue weighted by Gasteiger charge is 2.15. The SMILES string of the molecule is CC1=C(CNS(=O)(=O)c2ccc(C)cc2)CCCCC1. The number of hydrogen-bond donors (Lipinski definition) is 1. The van der Waals surface area contributed by atoms with Crippen LogP contribution in [0, 0.1) is 6.92 Å². The minimum Gasteiger partial charge on any atom is -0.207 e. The van der Waals surface area contributed by atoms with E-state index < -0.39 is 10.0 Å². The van der Waals surface area contributed by atoms with Gasteiger partial charge in [-0.05, 0) is 51.7 Å². The van der Waals surface area contributed by atoms with Crippen molar-refractivity contribution < 1.29 is 8.42 Å². The third kappa shape index (κ3) is 3.93. The van der Waals surface area contributed by atoms with Crippen molar-refractivity contribution in [1.29, 1.82) is 0 Å². The van der Waals surface area contributed by atoms with E-state index in [2.05, 4.69) is 11.6 Å². The molecule has 1 aliphatic carbocycles. The quantitative estimate of drug-likeness (QED) is 0.863. The maximum Gasteiger partial charge on any atom is 0.240 e. The largest absolute Gasteiger partial charge is 0.240 e. The molecule has 4 heteroatoms. The van der Waals surface area contributed by atoms with Gasteiger partial charge in [0.05, 0.1) is 4.90 Å². The lowest BCUT2D eigenvalue weighted by Crippen LogP contribution is -2.26. The fourth-order valence-corrected chi connectivity index (χ4v) is 3.54. The third-order valence-corrected chi connectivity index (χ3v) is 5.36. The normalized spacial score (nSPS) is 17.1. The molecule has 1 aromatic carbocycles. The summed E-state index contributed by atoms with van der Waals surface area (Å²) in [6.45, 7) is 4.52. The Kier molecular flexibility index (Phi) is 5.00. The second-order valence-corrected chi connectivity index (χ2v) is 7.35. The molecule has 0 radical (unpaired) electrons. The van der Waals surface area contributed by atoms with E-state index in [1.54, 1.807) is 12.1 Å². The Morgan fingerprint density at radius 3 is 2.35 bits per heavy atom. The lowest BCUT2D eigenvalue weighted by Gasteiger charge is -2.11. The first-order chi connectivity index (χ1) is 9.49. The van der Waals surface area contributed by atoms with E-state index in [9.17, 15) is 8.42 Å². The van der Waals surface area contributed by atoms with Gasteiger partial charge in [-0.3, -0.25) is 0 Å². The monoisotopic (exact) mass is 293 g/mol. The van der Waals surface area contributed by atoms with Crippen LogP contribution in [-0.4, -0.2) is 15.0 Å². The van der Waals surface area contributed by atoms with Crippen molar-refractivity contribution in [2.75, 3.05) is 6.54 Å². The van der Waals surface area contributed by atoms with E-state index in [0.29, 0.717) is 11.4 Å². The number of benzene rings is 1. The lowest BCUT2D eigenvalue weighted by molar-refractivity contribution is 0.583. The highest BCUT2D eigenvalue weighted by Crippen LogP contribution is 2.23. The Morgan fingerprint density at radius 2 is 1.65 bits per heavy atom. The third-order valence-electron chi connectivity index (χ3n) is 3.94. The summed E-state index contributed by atoms with van der Waals surface area (Å²) in [5, 5.41) is 0. The molecular formula is C16H23NO2S. The first-order valence-electron chi connectivity index (χ1n) is 7.23. The van der Waals surface area contributed by atoms with Crippen LogP contribution >= 0.6 is 0 Å². The number of aryl methyl sites for hydroxylation is 1. The van der Waals surface area contributed by atoms with Crippen LogP contribution in [0.2, 0.25) is 0 Å². The average Bonchev–Trinajstić information content (AvgIpc) is 2.62. The molecule has 0 unspecified atom stereocenters. The zero-order valence-corrected chi connectivity index (χ0v) is 13.1. The van der Waals surface area contributed by atoms with Crippen molar-refractivity contribution in [3.8, 4) is 0 Å². The predicted molar refractivity (Wildman–Crippen MR) is 82.2 cm³/mol. The summed E-state index contributed by atoms with van der Waals surface area (Å²) in [4.78, 5) is 0.343. The van der Waals surface area contributed by atoms with Crippen LogP contribution < -0.4 is 4.72 Å². The van der Waals surface area contributed by atoms with Crippen molar-refractivity contribution in [3.05, 3.63) is 41.0 Å². The molecule has 0 bridgehead atoms. The standard InChI is InChI=1S/C16H23NO2S/c1-13-8-10-16(11-9-13)20(18,19)17-12-15-7-5-3-4-6-14(15)2/h8-11,17H,3-7,12H2,1-2H3. The fourth-order valence-electron chi connectivity index (χ4n) is 2.52. The Balaban J connectivity index is 2.07. The van der Waals surface area contributed by atoms with Crippen LogP contribution in [0.4, 0.5) is 0 Å². The average molecular weight is 293 g/mol. The van der Waals surface area contributed by atoms with Crippen molar-refractivity contribution >= 4 is 10.0 Å². The second-order valence-electron chi connectivity index (χ2n) is 5.58. The highest BCUT2D eigenvalue weighted by atomic mass is 32.2. The zero-order chi connectivity index (χ0) is 14.6. The molecule has 20 heavy (non-hydrogen) atoms. The molecule has 1 aromatic rings. The van der Waals surface area contributed by atoms with Crippen molar-refractivity contribution in [1.82, 2.24) is 4.72 Å². The molecule has 0 saturated carbocycles. The van der Waals surface area contributed by atoms with Crippen LogP contribution in [0.1, 0.15) is 44.6 Å². The van der Waals surface area contributed by atoms with Gasteiger partial charge in [0.2, 0.25) is 10.0 Å². The van der Waals surface area contributed by atoms with Gasteiger partial charge in [0, 0.05) is 6.54 Å². The summed E-state index contributed by atoms with van der Waals surface area (Å²) in [6.07, 6.45) is 5.74. The van der Waals surface area contributed by atoms with Gasteiger partial charge in [-0.1, -0.05) is 35.3 Å². The topological polar surface area (TPSA) is 46.2 Å². The summed E-state index contributed by atoms with van der Waals surface area (Å²) in [5.74, 6) is 0. The first kappa shape index (κ1) is 15.3. The van der Waals surface area contributed by atoms with Gasteiger partial charge < -0.3 is 0 Å². The molecule has 0 amide bonds. The number of allylic oxidation sites excluding steroid dienone is 1. The summed E-state index contributed by atoms with van der Waals surface area (Å²) >= 11 is 0. The Bertz CT molecular complexity index is 585. The first-order valence-corrected chi connectivity index (χ1v) is 8.71. The summed E-state index contributed by atoms with van der Waals surface area (Å²) in [7, 11) is -3.40. The zero-order valence-electron chi connectivity index (χ0n) is 12.3. The smallest absolute Gasteiger partial charge is 0.207 e. The van der Waals surface area contributed by atoms with E-state index >= 15 is 0 Å². The molecule has 0 saturated heterocycles. The Labute approximate surface area is 122 Å². The van der Waals surface area contributed by atoms with Crippen LogP contribution in [0.25, 0.3) is 0 Å². The molecule has 0 aliphatic heterocycles. The molecule has 2 rings (SSSR count). The molecule has 110 valence electrons. The molecular weight excluding hydrogens is 270 g/mol. The fraction of sp³-hybridized carbons (Fsp3) is 0.500. The lowest BCUT2D eigenvalue weighted by atomic mass is 10.1. The van der Waals surface area contributed by atoms with Gasteiger partial charge in [-0.15, -0.1) is 0 Å². The minimum atomic E-state index is -3.40.